The van der Waals surface area contributed by atoms with E-state index in [1.54, 1.807) is 24.3 Å². The highest BCUT2D eigenvalue weighted by Crippen LogP contribution is 2.37. The smallest absolute Gasteiger partial charge is 0.270 e. The average Bonchev–Trinajstić information content (AvgIpc) is 3.30. The molecule has 0 aliphatic carbocycles. The number of hydrogen-bond donors (Lipinski definition) is 1. The van der Waals surface area contributed by atoms with Crippen LogP contribution in [0.2, 0.25) is 0 Å². The molecule has 7 nitrogen and oxygen atoms in total. The molecule has 202 valence electrons. The second kappa shape index (κ2) is 12.2. The standard InChI is InChI=1S/C31H33FN4O3/c32-25-11-9-24(10-12-25)27(20-31(37)33-15-18-34-16-5-2-6-17-34)29-22-35(21-23-7-3-1-4-8-23)30-14-13-26(36(38)39)19-28(29)30/h1,3-4,7-14,19,22,27H,2,5-6,15-18,20-21H2,(H,33,37)/t27-/m1/s1. The van der Waals surface area contributed by atoms with Gasteiger partial charge in [-0.1, -0.05) is 48.9 Å². The van der Waals surface area contributed by atoms with E-state index in [0.29, 0.717) is 13.1 Å². The normalized spacial score (nSPS) is 14.8. The lowest BCUT2D eigenvalue weighted by Gasteiger charge is -2.26. The quantitative estimate of drug-likeness (QED) is 0.207. The third-order valence-electron chi connectivity index (χ3n) is 7.54. The predicted molar refractivity (Wildman–Crippen MR) is 150 cm³/mol. The van der Waals surface area contributed by atoms with Crippen LogP contribution >= 0.6 is 0 Å². The monoisotopic (exact) mass is 528 g/mol. The van der Waals surface area contributed by atoms with E-state index in [1.165, 1.54) is 37.5 Å². The SMILES string of the molecule is O=C(C[C@H](c1ccc(F)cc1)c1cn(Cc2ccccc2)c2ccc([N+](=O)[O-])cc12)NCCN1CCCCC1. The van der Waals surface area contributed by atoms with E-state index in [9.17, 15) is 19.3 Å². The van der Waals surface area contributed by atoms with Crippen LogP contribution in [0.3, 0.4) is 0 Å². The molecular formula is C31H33FN4O3. The van der Waals surface area contributed by atoms with E-state index in [4.69, 9.17) is 0 Å². The molecule has 5 rings (SSSR count). The Kier molecular flexibility index (Phi) is 8.32. The van der Waals surface area contributed by atoms with E-state index in [1.807, 2.05) is 36.5 Å². The van der Waals surface area contributed by atoms with Crippen LogP contribution < -0.4 is 5.32 Å². The Balaban J connectivity index is 1.48. The zero-order chi connectivity index (χ0) is 27.2. The van der Waals surface area contributed by atoms with Crippen molar-refractivity contribution in [2.45, 2.75) is 38.1 Å². The Morgan fingerprint density at radius 1 is 1.00 bits per heavy atom. The molecule has 3 aromatic carbocycles. The lowest BCUT2D eigenvalue weighted by atomic mass is 9.88. The largest absolute Gasteiger partial charge is 0.355 e. The Bertz CT molecular complexity index is 1430. The maximum Gasteiger partial charge on any atom is 0.270 e. The number of halogens is 1. The van der Waals surface area contributed by atoms with E-state index >= 15 is 0 Å². The molecule has 1 amide bonds. The van der Waals surface area contributed by atoms with E-state index in [-0.39, 0.29) is 23.8 Å². The molecule has 1 atom stereocenters. The van der Waals surface area contributed by atoms with Crippen molar-refractivity contribution in [3.63, 3.8) is 0 Å². The number of fused-ring (bicyclic) bond motifs is 1. The van der Waals surface area contributed by atoms with Crippen LogP contribution in [0.15, 0.2) is 79.0 Å². The Morgan fingerprint density at radius 3 is 2.46 bits per heavy atom. The van der Waals surface area contributed by atoms with Crippen molar-refractivity contribution in [3.8, 4) is 0 Å². The molecule has 0 unspecified atom stereocenters. The lowest BCUT2D eigenvalue weighted by molar-refractivity contribution is -0.384. The number of carbonyl (C=O) groups excluding carboxylic acids is 1. The summed E-state index contributed by atoms with van der Waals surface area (Å²) in [5.41, 5.74) is 3.52. The van der Waals surface area contributed by atoms with Gasteiger partial charge in [0.05, 0.1) is 4.92 Å². The third kappa shape index (κ3) is 6.52. The van der Waals surface area contributed by atoms with E-state index < -0.39 is 10.8 Å². The second-order valence-electron chi connectivity index (χ2n) is 10.2. The van der Waals surface area contributed by atoms with Gasteiger partial charge in [0.15, 0.2) is 0 Å². The van der Waals surface area contributed by atoms with Gasteiger partial charge in [-0.05, 0) is 60.8 Å². The first-order chi connectivity index (χ1) is 19.0. The molecule has 1 N–H and O–H groups in total. The maximum atomic E-state index is 13.8. The summed E-state index contributed by atoms with van der Waals surface area (Å²) in [5.74, 6) is -0.858. The van der Waals surface area contributed by atoms with Crippen molar-refractivity contribution >= 4 is 22.5 Å². The molecule has 1 aromatic heterocycles. The molecule has 4 aromatic rings. The van der Waals surface area contributed by atoms with Crippen molar-refractivity contribution in [1.29, 1.82) is 0 Å². The number of nitro groups is 1. The van der Waals surface area contributed by atoms with Crippen LogP contribution in [0.1, 0.15) is 48.3 Å². The molecule has 39 heavy (non-hydrogen) atoms. The number of piperidine rings is 1. The first kappa shape index (κ1) is 26.6. The Labute approximate surface area is 227 Å². The maximum absolute atomic E-state index is 13.8. The topological polar surface area (TPSA) is 80.4 Å². The molecule has 0 radical (unpaired) electrons. The number of non-ortho nitro benzene ring substituents is 1. The molecule has 8 heteroatoms. The van der Waals surface area contributed by atoms with E-state index in [2.05, 4.69) is 14.8 Å². The Morgan fingerprint density at radius 2 is 1.74 bits per heavy atom. The minimum Gasteiger partial charge on any atom is -0.355 e. The van der Waals surface area contributed by atoms with Gasteiger partial charge in [-0.15, -0.1) is 0 Å². The number of nitrogens with zero attached hydrogens (tertiary/aromatic N) is 3. The summed E-state index contributed by atoms with van der Waals surface area (Å²) in [6.07, 6.45) is 5.78. The molecule has 0 saturated carbocycles. The zero-order valence-electron chi connectivity index (χ0n) is 21.9. The van der Waals surface area contributed by atoms with Crippen LogP contribution in [-0.4, -0.2) is 46.5 Å². The van der Waals surface area contributed by atoms with Crippen LogP contribution in [0.5, 0.6) is 0 Å². The van der Waals surface area contributed by atoms with Crippen molar-refractivity contribution in [1.82, 2.24) is 14.8 Å². The van der Waals surface area contributed by atoms with Gasteiger partial charge < -0.3 is 14.8 Å². The second-order valence-corrected chi connectivity index (χ2v) is 10.2. The molecule has 1 aliphatic rings. The number of nitro benzene ring substituents is 1. The van der Waals surface area contributed by atoms with Gasteiger partial charge in [-0.25, -0.2) is 4.39 Å². The van der Waals surface area contributed by atoms with Crippen LogP contribution in [-0.2, 0) is 11.3 Å². The summed E-state index contributed by atoms with van der Waals surface area (Å²) in [5, 5.41) is 15.4. The lowest BCUT2D eigenvalue weighted by Crippen LogP contribution is -2.38. The van der Waals surface area contributed by atoms with Crippen LogP contribution in [0.4, 0.5) is 10.1 Å². The number of amides is 1. The molecule has 1 saturated heterocycles. The van der Waals surface area contributed by atoms with Crippen LogP contribution in [0.25, 0.3) is 10.9 Å². The molecular weight excluding hydrogens is 495 g/mol. The van der Waals surface area contributed by atoms with Crippen molar-refractivity contribution in [2.75, 3.05) is 26.2 Å². The van der Waals surface area contributed by atoms with E-state index in [0.717, 1.165) is 47.2 Å². The number of aromatic nitrogens is 1. The van der Waals surface area contributed by atoms with Gasteiger partial charge in [-0.2, -0.15) is 0 Å². The number of benzene rings is 3. The fourth-order valence-corrected chi connectivity index (χ4v) is 5.51. The van der Waals surface area contributed by atoms with Gasteiger partial charge in [0.25, 0.3) is 5.69 Å². The minimum atomic E-state index is -0.405. The minimum absolute atomic E-state index is 0.00921. The number of hydrogen-bond acceptors (Lipinski definition) is 4. The summed E-state index contributed by atoms with van der Waals surface area (Å²) in [4.78, 5) is 26.8. The van der Waals surface area contributed by atoms with Crippen molar-refractivity contribution < 1.29 is 14.1 Å². The van der Waals surface area contributed by atoms with Gasteiger partial charge in [0, 0.05) is 61.2 Å². The average molecular weight is 529 g/mol. The van der Waals surface area contributed by atoms with Gasteiger partial charge >= 0.3 is 0 Å². The highest BCUT2D eigenvalue weighted by molar-refractivity contribution is 5.88. The number of likely N-dealkylation sites (tertiary alicyclic amines) is 1. The van der Waals surface area contributed by atoms with Gasteiger partial charge in [-0.3, -0.25) is 14.9 Å². The predicted octanol–water partition coefficient (Wildman–Crippen LogP) is 5.86. The zero-order valence-corrected chi connectivity index (χ0v) is 21.9. The highest BCUT2D eigenvalue weighted by Gasteiger charge is 2.24. The van der Waals surface area contributed by atoms with Crippen molar-refractivity contribution in [3.05, 3.63) is 112 Å². The fraction of sp³-hybridized carbons (Fsp3) is 0.323. The number of rotatable bonds is 10. The summed E-state index contributed by atoms with van der Waals surface area (Å²) in [6, 6.07) is 21.0. The Hall–Kier alpha value is -4.04. The highest BCUT2D eigenvalue weighted by atomic mass is 19.1. The summed E-state index contributed by atoms with van der Waals surface area (Å²) in [7, 11) is 0. The first-order valence-electron chi connectivity index (χ1n) is 13.5. The third-order valence-corrected chi connectivity index (χ3v) is 7.54. The molecule has 1 aliphatic heterocycles. The fourth-order valence-electron chi connectivity index (χ4n) is 5.51. The number of nitrogens with one attached hydrogen (secondary N) is 1. The number of carbonyl (C=O) groups is 1. The van der Waals surface area contributed by atoms with Gasteiger partial charge in [0.1, 0.15) is 5.82 Å². The molecule has 2 heterocycles. The molecule has 0 bridgehead atoms. The van der Waals surface area contributed by atoms with Crippen molar-refractivity contribution in [2.24, 2.45) is 0 Å². The summed E-state index contributed by atoms with van der Waals surface area (Å²) < 4.78 is 15.9. The van der Waals surface area contributed by atoms with Gasteiger partial charge in [0.2, 0.25) is 5.91 Å². The first-order valence-corrected chi connectivity index (χ1v) is 13.5. The molecule has 0 spiro atoms. The summed E-state index contributed by atoms with van der Waals surface area (Å²) >= 11 is 0. The molecule has 1 fully saturated rings. The van der Waals surface area contributed by atoms with Crippen LogP contribution in [0, 0.1) is 15.9 Å². The summed E-state index contributed by atoms with van der Waals surface area (Å²) in [6.45, 7) is 4.08.